The predicted octanol–water partition coefficient (Wildman–Crippen LogP) is 6.33. The van der Waals surface area contributed by atoms with Gasteiger partial charge in [-0.3, -0.25) is 4.79 Å². The van der Waals surface area contributed by atoms with Crippen molar-refractivity contribution in [2.45, 2.75) is 31.6 Å². The number of allylic oxidation sites excluding steroid dienone is 3. The summed E-state index contributed by atoms with van der Waals surface area (Å²) >= 11 is 6.08. The molecule has 2 aliphatic rings. The van der Waals surface area contributed by atoms with Crippen LogP contribution in [0.1, 0.15) is 42.7 Å². The van der Waals surface area contributed by atoms with Gasteiger partial charge in [0.15, 0.2) is 5.78 Å². The molecule has 5 rings (SSSR count). The van der Waals surface area contributed by atoms with Gasteiger partial charge in [-0.2, -0.15) is 0 Å². The molecular weight excluding hydrogens is 514 g/mol. The third-order valence-electron chi connectivity index (χ3n) is 7.17. The first-order valence-corrected chi connectivity index (χ1v) is 13.3. The van der Waals surface area contributed by atoms with E-state index in [9.17, 15) is 9.59 Å². The Morgan fingerprint density at radius 1 is 0.897 bits per heavy atom. The van der Waals surface area contributed by atoms with E-state index in [4.69, 9.17) is 25.8 Å². The first-order valence-electron chi connectivity index (χ1n) is 12.9. The molecule has 1 heterocycles. The van der Waals surface area contributed by atoms with Crippen molar-refractivity contribution >= 4 is 23.4 Å². The van der Waals surface area contributed by atoms with Crippen molar-refractivity contribution < 1.29 is 23.8 Å². The second-order valence-electron chi connectivity index (χ2n) is 9.64. The van der Waals surface area contributed by atoms with Crippen LogP contribution in [-0.4, -0.2) is 32.1 Å². The molecule has 0 fully saturated rings. The van der Waals surface area contributed by atoms with E-state index in [1.165, 1.54) is 0 Å². The lowest BCUT2D eigenvalue weighted by Gasteiger charge is -2.36. The topological polar surface area (TPSA) is 73.9 Å². The Labute approximate surface area is 233 Å². The van der Waals surface area contributed by atoms with Crippen molar-refractivity contribution in [2.24, 2.45) is 0 Å². The average molecular weight is 544 g/mol. The zero-order valence-corrected chi connectivity index (χ0v) is 22.7. The van der Waals surface area contributed by atoms with Crippen LogP contribution in [0.25, 0.3) is 0 Å². The van der Waals surface area contributed by atoms with Gasteiger partial charge in [0.25, 0.3) is 0 Å². The van der Waals surface area contributed by atoms with Gasteiger partial charge in [0.1, 0.15) is 24.7 Å². The van der Waals surface area contributed by atoms with Crippen molar-refractivity contribution in [3.05, 3.63) is 118 Å². The van der Waals surface area contributed by atoms with Crippen molar-refractivity contribution in [3.8, 4) is 11.5 Å². The first kappa shape index (κ1) is 26.6. The number of dihydropyridines is 1. The fraction of sp³-hybridized carbons (Fsp3) is 0.250. The number of nitrogens with one attached hydrogen (secondary N) is 1. The molecule has 1 aliphatic carbocycles. The molecule has 0 saturated carbocycles. The quantitative estimate of drug-likeness (QED) is 0.264. The number of carbonyl (C=O) groups excluding carboxylic acids is 2. The van der Waals surface area contributed by atoms with Crippen LogP contribution < -0.4 is 14.8 Å². The number of hydrogen-bond donors (Lipinski definition) is 1. The van der Waals surface area contributed by atoms with Gasteiger partial charge < -0.3 is 19.5 Å². The minimum Gasteiger partial charge on any atom is -0.497 e. The summed E-state index contributed by atoms with van der Waals surface area (Å²) in [6.45, 7) is 2.16. The molecule has 0 bridgehead atoms. The third-order valence-corrected chi connectivity index (χ3v) is 7.42. The number of benzene rings is 3. The molecule has 0 radical (unpaired) electrons. The predicted molar refractivity (Wildman–Crippen MR) is 150 cm³/mol. The molecule has 0 amide bonds. The number of halogens is 1. The third kappa shape index (κ3) is 5.86. The zero-order chi connectivity index (χ0) is 27.4. The lowest BCUT2D eigenvalue weighted by molar-refractivity contribution is -0.140. The van der Waals surface area contributed by atoms with Gasteiger partial charge in [-0.25, -0.2) is 4.79 Å². The normalized spacial score (nSPS) is 18.8. The number of carbonyl (C=O) groups is 2. The van der Waals surface area contributed by atoms with Crippen LogP contribution in [0.2, 0.25) is 5.02 Å². The van der Waals surface area contributed by atoms with Gasteiger partial charge in [-0.15, -0.1) is 0 Å². The minimum absolute atomic E-state index is 0.00901. The summed E-state index contributed by atoms with van der Waals surface area (Å²) in [6.07, 6.45) is 1.00. The summed E-state index contributed by atoms with van der Waals surface area (Å²) < 4.78 is 16.7. The lowest BCUT2D eigenvalue weighted by Crippen LogP contribution is -2.36. The SMILES string of the molecule is COc1ccc([C@@H]2C(C(=O)OCCOc3ccccc3)=C(C)NC3=C2C(=O)C[C@H](c2ccc(Cl)cc2)C3)cc1. The molecular formula is C32H30ClNO5. The maximum atomic E-state index is 13.7. The Morgan fingerprint density at radius 3 is 2.28 bits per heavy atom. The number of hydrogen-bond acceptors (Lipinski definition) is 6. The van der Waals surface area contributed by atoms with E-state index < -0.39 is 11.9 Å². The van der Waals surface area contributed by atoms with Crippen LogP contribution in [0.15, 0.2) is 101 Å². The number of ether oxygens (including phenoxy) is 3. The molecule has 0 spiro atoms. The standard InChI is InChI=1S/C32H30ClNO5/c1-20-29(32(36)39-17-16-38-26-6-4-3-5-7-26)30(22-10-14-25(37-2)15-11-22)31-27(34-20)18-23(19-28(31)35)21-8-12-24(33)13-9-21/h3-15,23,30,34H,16-19H2,1-2H3/t23-,30-/m1/s1. The minimum atomic E-state index is -0.548. The van der Waals surface area contributed by atoms with E-state index in [0.717, 1.165) is 16.8 Å². The molecule has 0 saturated heterocycles. The molecule has 3 aromatic carbocycles. The molecule has 1 N–H and O–H groups in total. The molecule has 7 heteroatoms. The highest BCUT2D eigenvalue weighted by Gasteiger charge is 2.41. The highest BCUT2D eigenvalue weighted by molar-refractivity contribution is 6.30. The fourth-order valence-electron chi connectivity index (χ4n) is 5.30. The number of methoxy groups -OCH3 is 1. The van der Waals surface area contributed by atoms with E-state index in [-0.39, 0.29) is 24.9 Å². The number of para-hydroxylation sites is 1. The molecule has 3 aromatic rings. The summed E-state index contributed by atoms with van der Waals surface area (Å²) in [4.78, 5) is 27.2. The van der Waals surface area contributed by atoms with Crippen LogP contribution in [0.4, 0.5) is 0 Å². The summed E-state index contributed by atoms with van der Waals surface area (Å²) in [5.41, 5.74) is 4.45. The van der Waals surface area contributed by atoms with Gasteiger partial charge in [0, 0.05) is 34.3 Å². The Kier molecular flexibility index (Phi) is 8.03. The van der Waals surface area contributed by atoms with Gasteiger partial charge >= 0.3 is 5.97 Å². The van der Waals surface area contributed by atoms with Crippen molar-refractivity contribution in [1.29, 1.82) is 0 Å². The lowest BCUT2D eigenvalue weighted by atomic mass is 9.72. The Morgan fingerprint density at radius 2 is 1.59 bits per heavy atom. The molecule has 6 nitrogen and oxygen atoms in total. The number of Topliss-reactive ketones (excluding diaryl/α,β-unsaturated/α-hetero) is 1. The number of esters is 1. The molecule has 2 atom stereocenters. The Balaban J connectivity index is 1.42. The summed E-state index contributed by atoms with van der Waals surface area (Å²) in [5, 5.41) is 4.04. The van der Waals surface area contributed by atoms with E-state index in [1.54, 1.807) is 7.11 Å². The van der Waals surface area contributed by atoms with Gasteiger partial charge in [-0.05, 0) is 66.8 Å². The van der Waals surface area contributed by atoms with Gasteiger partial charge in [0.2, 0.25) is 0 Å². The van der Waals surface area contributed by atoms with Gasteiger partial charge in [0.05, 0.1) is 12.7 Å². The molecule has 1 aliphatic heterocycles. The zero-order valence-electron chi connectivity index (χ0n) is 21.9. The smallest absolute Gasteiger partial charge is 0.336 e. The van der Waals surface area contributed by atoms with Crippen LogP contribution in [-0.2, 0) is 14.3 Å². The van der Waals surface area contributed by atoms with Crippen molar-refractivity contribution in [1.82, 2.24) is 5.32 Å². The summed E-state index contributed by atoms with van der Waals surface area (Å²) in [5.74, 6) is 0.411. The average Bonchev–Trinajstić information content (AvgIpc) is 2.95. The first-order chi connectivity index (χ1) is 18.9. The van der Waals surface area contributed by atoms with Gasteiger partial charge in [-0.1, -0.05) is 54.1 Å². The summed E-state index contributed by atoms with van der Waals surface area (Å²) in [6, 6.07) is 24.5. The molecule has 0 aromatic heterocycles. The highest BCUT2D eigenvalue weighted by Crippen LogP contribution is 2.46. The number of ketones is 1. The monoisotopic (exact) mass is 543 g/mol. The maximum Gasteiger partial charge on any atom is 0.336 e. The second-order valence-corrected chi connectivity index (χ2v) is 10.1. The van der Waals surface area contributed by atoms with Crippen LogP contribution in [0, 0.1) is 0 Å². The highest BCUT2D eigenvalue weighted by atomic mass is 35.5. The van der Waals surface area contributed by atoms with Crippen LogP contribution in [0.3, 0.4) is 0 Å². The Hall–Kier alpha value is -4.03. The Bertz CT molecular complexity index is 1410. The largest absolute Gasteiger partial charge is 0.497 e. The van der Waals surface area contributed by atoms with E-state index in [0.29, 0.717) is 46.2 Å². The van der Waals surface area contributed by atoms with E-state index in [2.05, 4.69) is 5.32 Å². The van der Waals surface area contributed by atoms with Crippen molar-refractivity contribution in [2.75, 3.05) is 20.3 Å². The fourth-order valence-corrected chi connectivity index (χ4v) is 5.42. The van der Waals surface area contributed by atoms with Crippen molar-refractivity contribution in [3.63, 3.8) is 0 Å². The summed E-state index contributed by atoms with van der Waals surface area (Å²) in [7, 11) is 1.60. The van der Waals surface area contributed by atoms with E-state index >= 15 is 0 Å². The van der Waals surface area contributed by atoms with Crippen LogP contribution >= 0.6 is 11.6 Å². The molecule has 200 valence electrons. The number of rotatable bonds is 8. The second kappa shape index (κ2) is 11.8. The maximum absolute atomic E-state index is 13.7. The molecule has 0 unspecified atom stereocenters. The molecule has 39 heavy (non-hydrogen) atoms. The van der Waals surface area contributed by atoms with Crippen LogP contribution in [0.5, 0.6) is 11.5 Å². The van der Waals surface area contributed by atoms with E-state index in [1.807, 2.05) is 85.8 Å².